The number of carbonyl (C=O) groups excluding carboxylic acids is 2. The molecular formula is C32H29N3O5S. The number of pyridine rings is 1. The molecule has 2 heterocycles. The number of esters is 1. The van der Waals surface area contributed by atoms with Gasteiger partial charge in [-0.3, -0.25) is 14.9 Å². The molecule has 3 aromatic carbocycles. The number of anilines is 1. The standard InChI is InChI=1S/C32H29N3O5S/c1-4-26(29(36)34-32-33-25(19-41-32)20-15-17-22(18-16-20)39-5-2)40-31(38)28-27(21-11-7-6-8-12-21)23-13-9-10-14-24(23)30(37)35(28)3/h6-19,26H,4-5H2,1-3H3,(H,33,34,36). The number of hydrogen-bond donors (Lipinski definition) is 1. The first kappa shape index (κ1) is 27.8. The summed E-state index contributed by atoms with van der Waals surface area (Å²) < 4.78 is 12.5. The number of nitrogens with zero attached hydrogens (tertiary/aromatic N) is 2. The smallest absolute Gasteiger partial charge is 0.356 e. The van der Waals surface area contributed by atoms with Crippen molar-refractivity contribution >= 4 is 39.1 Å². The van der Waals surface area contributed by atoms with Gasteiger partial charge in [0, 0.05) is 28.9 Å². The molecule has 1 N–H and O–H groups in total. The lowest BCUT2D eigenvalue weighted by atomic mass is 9.97. The molecular weight excluding hydrogens is 538 g/mol. The molecule has 9 heteroatoms. The van der Waals surface area contributed by atoms with E-state index in [0.29, 0.717) is 33.8 Å². The van der Waals surface area contributed by atoms with Crippen LogP contribution in [0.3, 0.4) is 0 Å². The number of ether oxygens (including phenoxy) is 2. The maximum absolute atomic E-state index is 13.7. The molecule has 0 aliphatic heterocycles. The molecule has 0 aliphatic rings. The molecule has 41 heavy (non-hydrogen) atoms. The van der Waals surface area contributed by atoms with E-state index in [1.165, 1.54) is 23.0 Å². The fraction of sp³-hybridized carbons (Fsp3) is 0.188. The van der Waals surface area contributed by atoms with Gasteiger partial charge in [-0.1, -0.05) is 55.5 Å². The Kier molecular flexibility index (Phi) is 8.26. The number of amides is 1. The highest BCUT2D eigenvalue weighted by Gasteiger charge is 2.28. The molecule has 1 unspecified atom stereocenters. The van der Waals surface area contributed by atoms with Crippen LogP contribution in [0.25, 0.3) is 33.2 Å². The maximum Gasteiger partial charge on any atom is 0.356 e. The fourth-order valence-corrected chi connectivity index (χ4v) is 5.37. The third-order valence-corrected chi connectivity index (χ3v) is 7.43. The Balaban J connectivity index is 1.40. The first-order valence-electron chi connectivity index (χ1n) is 13.3. The second-order valence-corrected chi connectivity index (χ2v) is 10.1. The zero-order valence-corrected chi connectivity index (χ0v) is 23.7. The van der Waals surface area contributed by atoms with Gasteiger partial charge < -0.3 is 14.0 Å². The van der Waals surface area contributed by atoms with Crippen LogP contribution >= 0.6 is 11.3 Å². The van der Waals surface area contributed by atoms with Crippen molar-refractivity contribution < 1.29 is 19.1 Å². The highest BCUT2D eigenvalue weighted by molar-refractivity contribution is 7.14. The number of thiazole rings is 1. The molecule has 0 saturated carbocycles. The van der Waals surface area contributed by atoms with Crippen LogP contribution in [-0.4, -0.2) is 34.1 Å². The molecule has 8 nitrogen and oxygen atoms in total. The van der Waals surface area contributed by atoms with Crippen molar-refractivity contribution in [3.05, 3.63) is 100 Å². The Labute approximate surface area is 241 Å². The van der Waals surface area contributed by atoms with Gasteiger partial charge in [0.25, 0.3) is 11.5 Å². The van der Waals surface area contributed by atoms with Crippen molar-refractivity contribution in [3.8, 4) is 28.1 Å². The first-order chi connectivity index (χ1) is 19.9. The van der Waals surface area contributed by atoms with Crippen LogP contribution in [-0.2, 0) is 16.6 Å². The molecule has 208 valence electrons. The average Bonchev–Trinajstić information content (AvgIpc) is 3.46. The third-order valence-electron chi connectivity index (χ3n) is 6.67. The van der Waals surface area contributed by atoms with Gasteiger partial charge in [-0.15, -0.1) is 11.3 Å². The van der Waals surface area contributed by atoms with Gasteiger partial charge in [-0.05, 0) is 54.6 Å². The number of fused-ring (bicyclic) bond motifs is 1. The second-order valence-electron chi connectivity index (χ2n) is 9.29. The fourth-order valence-electron chi connectivity index (χ4n) is 4.65. The van der Waals surface area contributed by atoms with Crippen LogP contribution in [0, 0.1) is 0 Å². The summed E-state index contributed by atoms with van der Waals surface area (Å²) in [4.78, 5) is 44.6. The van der Waals surface area contributed by atoms with Crippen molar-refractivity contribution in [1.82, 2.24) is 9.55 Å². The van der Waals surface area contributed by atoms with E-state index in [4.69, 9.17) is 9.47 Å². The molecule has 5 rings (SSSR count). The molecule has 0 fully saturated rings. The van der Waals surface area contributed by atoms with Crippen LogP contribution in [0.15, 0.2) is 89.0 Å². The van der Waals surface area contributed by atoms with Gasteiger partial charge in [-0.25, -0.2) is 9.78 Å². The summed E-state index contributed by atoms with van der Waals surface area (Å²) in [7, 11) is 1.54. The second kappa shape index (κ2) is 12.2. The summed E-state index contributed by atoms with van der Waals surface area (Å²) in [6, 6.07) is 24.0. The third kappa shape index (κ3) is 5.76. The van der Waals surface area contributed by atoms with E-state index in [1.54, 1.807) is 19.1 Å². The zero-order chi connectivity index (χ0) is 28.9. The zero-order valence-electron chi connectivity index (χ0n) is 22.9. The SMILES string of the molecule is CCOc1ccc(-c2csc(NC(=O)C(CC)OC(=O)c3c(-c4ccccc4)c4ccccc4c(=O)n3C)n2)cc1. The van der Waals surface area contributed by atoms with E-state index in [-0.39, 0.29) is 17.7 Å². The minimum absolute atomic E-state index is 0.0817. The van der Waals surface area contributed by atoms with Crippen molar-refractivity contribution in [1.29, 1.82) is 0 Å². The quantitative estimate of drug-likeness (QED) is 0.210. The van der Waals surface area contributed by atoms with Crippen LogP contribution in [0.5, 0.6) is 5.75 Å². The minimum Gasteiger partial charge on any atom is -0.494 e. The summed E-state index contributed by atoms with van der Waals surface area (Å²) in [6.45, 7) is 4.26. The summed E-state index contributed by atoms with van der Waals surface area (Å²) in [6.07, 6.45) is -0.859. The summed E-state index contributed by atoms with van der Waals surface area (Å²) in [5.41, 5.74) is 2.68. The molecule has 0 bridgehead atoms. The normalized spacial score (nSPS) is 11.7. The highest BCUT2D eigenvalue weighted by Crippen LogP contribution is 2.31. The lowest BCUT2D eigenvalue weighted by molar-refractivity contribution is -0.124. The van der Waals surface area contributed by atoms with Gasteiger partial charge in [0.2, 0.25) is 0 Å². The lowest BCUT2D eigenvalue weighted by Crippen LogP contribution is -2.34. The number of nitrogens with one attached hydrogen (secondary N) is 1. The van der Waals surface area contributed by atoms with E-state index in [0.717, 1.165) is 16.9 Å². The number of aromatic nitrogens is 2. The Morgan fingerprint density at radius 3 is 2.29 bits per heavy atom. The number of rotatable bonds is 9. The molecule has 2 aromatic heterocycles. The van der Waals surface area contributed by atoms with E-state index in [2.05, 4.69) is 10.3 Å². The van der Waals surface area contributed by atoms with E-state index < -0.39 is 18.0 Å². The molecule has 5 aromatic rings. The van der Waals surface area contributed by atoms with Crippen LogP contribution in [0.1, 0.15) is 30.8 Å². The molecule has 1 atom stereocenters. The van der Waals surface area contributed by atoms with Crippen molar-refractivity contribution in [3.63, 3.8) is 0 Å². The van der Waals surface area contributed by atoms with Crippen molar-refractivity contribution in [2.45, 2.75) is 26.4 Å². The first-order valence-corrected chi connectivity index (χ1v) is 14.2. The number of benzene rings is 3. The Morgan fingerprint density at radius 2 is 1.61 bits per heavy atom. The van der Waals surface area contributed by atoms with E-state index in [9.17, 15) is 14.4 Å². The predicted molar refractivity (Wildman–Crippen MR) is 161 cm³/mol. The van der Waals surface area contributed by atoms with Crippen molar-refractivity contribution in [2.75, 3.05) is 11.9 Å². The maximum atomic E-state index is 13.7. The minimum atomic E-state index is -1.09. The van der Waals surface area contributed by atoms with Crippen LogP contribution in [0.4, 0.5) is 5.13 Å². The summed E-state index contributed by atoms with van der Waals surface area (Å²) in [5, 5.41) is 6.12. The monoisotopic (exact) mass is 567 g/mol. The molecule has 0 saturated heterocycles. The van der Waals surface area contributed by atoms with Gasteiger partial charge >= 0.3 is 5.97 Å². The molecule has 1 amide bonds. The van der Waals surface area contributed by atoms with E-state index >= 15 is 0 Å². The van der Waals surface area contributed by atoms with Crippen LogP contribution in [0.2, 0.25) is 0 Å². The molecule has 0 spiro atoms. The number of hydrogen-bond acceptors (Lipinski definition) is 7. The van der Waals surface area contributed by atoms with Gasteiger partial charge in [0.1, 0.15) is 11.4 Å². The average molecular weight is 568 g/mol. The molecule has 0 aliphatic carbocycles. The van der Waals surface area contributed by atoms with E-state index in [1.807, 2.05) is 79.0 Å². The largest absolute Gasteiger partial charge is 0.494 e. The van der Waals surface area contributed by atoms with Crippen molar-refractivity contribution in [2.24, 2.45) is 7.05 Å². The topological polar surface area (TPSA) is 99.5 Å². The molecule has 0 radical (unpaired) electrons. The van der Waals surface area contributed by atoms with Crippen LogP contribution < -0.4 is 15.6 Å². The summed E-state index contributed by atoms with van der Waals surface area (Å²) in [5.74, 6) is -0.488. The Hall–Kier alpha value is -4.76. The van der Waals surface area contributed by atoms with Gasteiger partial charge in [0.05, 0.1) is 12.3 Å². The highest BCUT2D eigenvalue weighted by atomic mass is 32.1. The van der Waals surface area contributed by atoms with Gasteiger partial charge in [0.15, 0.2) is 11.2 Å². The Bertz CT molecular complexity index is 1760. The Morgan fingerprint density at radius 1 is 0.927 bits per heavy atom. The predicted octanol–water partition coefficient (Wildman–Crippen LogP) is 6.30. The van der Waals surface area contributed by atoms with Gasteiger partial charge in [-0.2, -0.15) is 0 Å². The number of carbonyl (C=O) groups is 2. The summed E-state index contributed by atoms with van der Waals surface area (Å²) >= 11 is 1.28. The lowest BCUT2D eigenvalue weighted by Gasteiger charge is -2.20.